The van der Waals surface area contributed by atoms with Crippen molar-refractivity contribution < 1.29 is 4.79 Å². The smallest absolute Gasteiger partial charge is 0.144 e. The first-order valence-corrected chi connectivity index (χ1v) is 6.39. The number of nitrogens with one attached hydrogen (secondary N) is 1. The minimum absolute atomic E-state index is 0.171. The van der Waals surface area contributed by atoms with Crippen LogP contribution < -0.4 is 5.32 Å². The first kappa shape index (κ1) is 11.4. The van der Waals surface area contributed by atoms with Gasteiger partial charge in [-0.3, -0.25) is 4.79 Å². The van der Waals surface area contributed by atoms with Gasteiger partial charge < -0.3 is 9.88 Å². The first-order valence-electron chi connectivity index (χ1n) is 6.39. The van der Waals surface area contributed by atoms with Crippen LogP contribution in [0.4, 0.5) is 0 Å². The second-order valence-electron chi connectivity index (χ2n) is 4.91. The Labute approximate surface area is 106 Å². The lowest BCUT2D eigenvalue weighted by atomic mass is 10.0. The zero-order valence-corrected chi connectivity index (χ0v) is 10.5. The summed E-state index contributed by atoms with van der Waals surface area (Å²) in [5.41, 5.74) is 2.05. The second-order valence-corrected chi connectivity index (χ2v) is 4.91. The van der Waals surface area contributed by atoms with Crippen LogP contribution in [-0.4, -0.2) is 28.4 Å². The molecule has 0 saturated carbocycles. The lowest BCUT2D eigenvalue weighted by Crippen LogP contribution is -2.20. The molecule has 94 valence electrons. The maximum absolute atomic E-state index is 12.2. The van der Waals surface area contributed by atoms with Gasteiger partial charge in [0.2, 0.25) is 0 Å². The van der Waals surface area contributed by atoms with Gasteiger partial charge in [-0.1, -0.05) is 12.1 Å². The van der Waals surface area contributed by atoms with E-state index in [-0.39, 0.29) is 5.92 Å². The van der Waals surface area contributed by atoms with Crippen LogP contribution in [-0.2, 0) is 18.3 Å². The van der Waals surface area contributed by atoms with Gasteiger partial charge in [-0.25, -0.2) is 4.98 Å². The van der Waals surface area contributed by atoms with Gasteiger partial charge in [0.1, 0.15) is 11.6 Å². The number of nitrogens with zero attached hydrogens (tertiary/aromatic N) is 2. The summed E-state index contributed by atoms with van der Waals surface area (Å²) in [5.74, 6) is 1.34. The summed E-state index contributed by atoms with van der Waals surface area (Å²) in [7, 11) is 1.98. The number of rotatable bonds is 3. The number of hydrogen-bond donors (Lipinski definition) is 1. The van der Waals surface area contributed by atoms with Crippen molar-refractivity contribution in [3.63, 3.8) is 0 Å². The minimum atomic E-state index is 0.171. The average molecular weight is 243 g/mol. The molecule has 0 amide bonds. The Bertz CT molecular complexity index is 582. The fourth-order valence-electron chi connectivity index (χ4n) is 2.58. The van der Waals surface area contributed by atoms with Gasteiger partial charge in [-0.15, -0.1) is 0 Å². The standard InChI is InChI=1S/C14H17N3O/c1-17-12-5-3-2-4-11(12)16-14(17)8-13(18)10-6-7-15-9-10/h2-5,10,15H,6-9H2,1H3. The zero-order valence-electron chi connectivity index (χ0n) is 10.5. The number of ketones is 1. The molecular weight excluding hydrogens is 226 g/mol. The molecule has 1 fully saturated rings. The Morgan fingerprint density at radius 2 is 2.33 bits per heavy atom. The molecule has 18 heavy (non-hydrogen) atoms. The van der Waals surface area contributed by atoms with Crippen molar-refractivity contribution >= 4 is 16.8 Å². The molecule has 1 aliphatic rings. The number of Topliss-reactive ketones (excluding diaryl/α,β-unsaturated/α-hetero) is 1. The average Bonchev–Trinajstić information content (AvgIpc) is 3.00. The van der Waals surface area contributed by atoms with E-state index in [0.29, 0.717) is 12.2 Å². The molecule has 1 aromatic heterocycles. The second kappa shape index (κ2) is 4.53. The molecule has 0 bridgehead atoms. The van der Waals surface area contributed by atoms with Gasteiger partial charge in [0.25, 0.3) is 0 Å². The highest BCUT2D eigenvalue weighted by molar-refractivity contribution is 5.84. The van der Waals surface area contributed by atoms with Crippen molar-refractivity contribution in [1.82, 2.24) is 14.9 Å². The molecule has 1 unspecified atom stereocenters. The van der Waals surface area contributed by atoms with Crippen molar-refractivity contribution in [2.75, 3.05) is 13.1 Å². The van der Waals surface area contributed by atoms with Crippen LogP contribution >= 0.6 is 0 Å². The predicted molar refractivity (Wildman–Crippen MR) is 70.4 cm³/mol. The summed E-state index contributed by atoms with van der Waals surface area (Å²) >= 11 is 0. The van der Waals surface area contributed by atoms with E-state index >= 15 is 0 Å². The normalized spacial score (nSPS) is 19.5. The van der Waals surface area contributed by atoms with Gasteiger partial charge in [0.15, 0.2) is 0 Å². The van der Waals surface area contributed by atoms with Crippen LogP contribution in [0.1, 0.15) is 12.2 Å². The highest BCUT2D eigenvalue weighted by Gasteiger charge is 2.23. The number of fused-ring (bicyclic) bond motifs is 1. The Kier molecular flexibility index (Phi) is 2.88. The Balaban J connectivity index is 1.86. The number of para-hydroxylation sites is 2. The topological polar surface area (TPSA) is 46.9 Å². The SMILES string of the molecule is Cn1c(CC(=O)C2CCNC2)nc2ccccc21. The number of aryl methyl sites for hydroxylation is 1. The molecular formula is C14H17N3O. The summed E-state index contributed by atoms with van der Waals surface area (Å²) in [4.78, 5) is 16.7. The highest BCUT2D eigenvalue weighted by atomic mass is 16.1. The number of imidazole rings is 1. The van der Waals surface area contributed by atoms with E-state index in [0.717, 1.165) is 36.4 Å². The van der Waals surface area contributed by atoms with Crippen molar-refractivity contribution in [2.24, 2.45) is 13.0 Å². The molecule has 4 heteroatoms. The van der Waals surface area contributed by atoms with Gasteiger partial charge in [0.05, 0.1) is 17.5 Å². The maximum Gasteiger partial charge on any atom is 0.144 e. The third kappa shape index (κ3) is 1.93. The Morgan fingerprint density at radius 3 is 3.06 bits per heavy atom. The van der Waals surface area contributed by atoms with E-state index < -0.39 is 0 Å². The summed E-state index contributed by atoms with van der Waals surface area (Å²) in [5, 5.41) is 3.23. The molecule has 0 spiro atoms. The third-order valence-corrected chi connectivity index (χ3v) is 3.73. The molecule has 1 atom stereocenters. The third-order valence-electron chi connectivity index (χ3n) is 3.73. The number of aromatic nitrogens is 2. The largest absolute Gasteiger partial charge is 0.331 e. The van der Waals surface area contributed by atoms with Gasteiger partial charge in [-0.2, -0.15) is 0 Å². The fourth-order valence-corrected chi connectivity index (χ4v) is 2.58. The van der Waals surface area contributed by atoms with Gasteiger partial charge >= 0.3 is 0 Å². The van der Waals surface area contributed by atoms with E-state index in [1.165, 1.54) is 0 Å². The minimum Gasteiger partial charge on any atom is -0.331 e. The summed E-state index contributed by atoms with van der Waals surface area (Å²) in [6.07, 6.45) is 1.40. The molecule has 0 aliphatic carbocycles. The van der Waals surface area contributed by atoms with Crippen LogP contribution in [0.15, 0.2) is 24.3 Å². The summed E-state index contributed by atoms with van der Waals surface area (Å²) in [6, 6.07) is 7.99. The number of hydrogen-bond acceptors (Lipinski definition) is 3. The lowest BCUT2D eigenvalue weighted by Gasteiger charge is -2.07. The van der Waals surface area contributed by atoms with Crippen LogP contribution in [0.25, 0.3) is 11.0 Å². The van der Waals surface area contributed by atoms with Gasteiger partial charge in [0, 0.05) is 19.5 Å². The highest BCUT2D eigenvalue weighted by Crippen LogP contribution is 2.17. The molecule has 2 aromatic rings. The van der Waals surface area contributed by atoms with Gasteiger partial charge in [-0.05, 0) is 25.1 Å². The van der Waals surface area contributed by atoms with Crippen LogP contribution in [0.5, 0.6) is 0 Å². The molecule has 4 nitrogen and oxygen atoms in total. The predicted octanol–water partition coefficient (Wildman–Crippen LogP) is 1.29. The molecule has 1 saturated heterocycles. The number of carbonyl (C=O) groups excluding carboxylic acids is 1. The lowest BCUT2D eigenvalue weighted by molar-refractivity contribution is -0.121. The number of benzene rings is 1. The van der Waals surface area contributed by atoms with Crippen molar-refractivity contribution in [3.05, 3.63) is 30.1 Å². The maximum atomic E-state index is 12.2. The Morgan fingerprint density at radius 1 is 1.50 bits per heavy atom. The zero-order chi connectivity index (χ0) is 12.5. The van der Waals surface area contributed by atoms with Crippen LogP contribution in [0.3, 0.4) is 0 Å². The van der Waals surface area contributed by atoms with Crippen molar-refractivity contribution in [3.8, 4) is 0 Å². The van der Waals surface area contributed by atoms with E-state index in [4.69, 9.17) is 0 Å². The molecule has 2 heterocycles. The van der Waals surface area contributed by atoms with E-state index in [2.05, 4.69) is 10.3 Å². The number of carbonyl (C=O) groups is 1. The van der Waals surface area contributed by atoms with Crippen LogP contribution in [0.2, 0.25) is 0 Å². The molecule has 0 radical (unpaired) electrons. The van der Waals surface area contributed by atoms with Crippen molar-refractivity contribution in [1.29, 1.82) is 0 Å². The van der Waals surface area contributed by atoms with E-state index in [1.807, 2.05) is 35.9 Å². The molecule has 1 aliphatic heterocycles. The molecule has 1 N–H and O–H groups in total. The quantitative estimate of drug-likeness (QED) is 0.883. The van der Waals surface area contributed by atoms with Crippen molar-refractivity contribution in [2.45, 2.75) is 12.8 Å². The first-order chi connectivity index (χ1) is 8.75. The van der Waals surface area contributed by atoms with E-state index in [9.17, 15) is 4.79 Å². The fraction of sp³-hybridized carbons (Fsp3) is 0.429. The molecule has 1 aromatic carbocycles. The Hall–Kier alpha value is -1.68. The van der Waals surface area contributed by atoms with Crippen LogP contribution in [0, 0.1) is 5.92 Å². The monoisotopic (exact) mass is 243 g/mol. The summed E-state index contributed by atoms with van der Waals surface area (Å²) < 4.78 is 2.02. The molecule has 3 rings (SSSR count). The van der Waals surface area contributed by atoms with E-state index in [1.54, 1.807) is 0 Å². The summed E-state index contributed by atoms with van der Waals surface area (Å²) in [6.45, 7) is 1.78.